The fourth-order valence-corrected chi connectivity index (χ4v) is 4.13. The second-order valence-electron chi connectivity index (χ2n) is 8.65. The molecular weight excluding hydrogens is 458 g/mol. The Morgan fingerprint density at radius 2 is 1.39 bits per heavy atom. The van der Waals surface area contributed by atoms with Crippen molar-refractivity contribution in [1.29, 1.82) is 0 Å². The van der Waals surface area contributed by atoms with E-state index in [-0.39, 0.29) is 6.61 Å². The van der Waals surface area contributed by atoms with Crippen LogP contribution in [0.5, 0.6) is 0 Å². The molecular formula is C28H27N3O5. The molecule has 0 saturated carbocycles. The lowest BCUT2D eigenvalue weighted by molar-refractivity contribution is -0.133. The smallest absolute Gasteiger partial charge is 0.338 e. The number of nitrogens with zero attached hydrogens (tertiary/aromatic N) is 1. The summed E-state index contributed by atoms with van der Waals surface area (Å²) in [6.45, 7) is 5.38. The van der Waals surface area contributed by atoms with Gasteiger partial charge in [0.2, 0.25) is 5.91 Å². The van der Waals surface area contributed by atoms with Gasteiger partial charge in [0.25, 0.3) is 5.91 Å². The zero-order chi connectivity index (χ0) is 25.9. The highest BCUT2D eigenvalue weighted by Gasteiger charge is 2.54. The molecule has 184 valence electrons. The van der Waals surface area contributed by atoms with E-state index in [1.165, 1.54) is 12.1 Å². The van der Waals surface area contributed by atoms with Crippen molar-refractivity contribution >= 4 is 29.5 Å². The van der Waals surface area contributed by atoms with Crippen molar-refractivity contribution in [3.8, 4) is 0 Å². The Morgan fingerprint density at radius 1 is 0.861 bits per heavy atom. The number of rotatable bonds is 7. The van der Waals surface area contributed by atoms with Crippen LogP contribution in [0.4, 0.5) is 10.5 Å². The number of urea groups is 1. The first-order chi connectivity index (χ1) is 17.2. The molecule has 0 aliphatic carbocycles. The lowest BCUT2D eigenvalue weighted by Crippen LogP contribution is -2.45. The van der Waals surface area contributed by atoms with Crippen LogP contribution < -0.4 is 10.6 Å². The van der Waals surface area contributed by atoms with Gasteiger partial charge >= 0.3 is 12.0 Å². The van der Waals surface area contributed by atoms with Crippen LogP contribution in [0.1, 0.15) is 39.5 Å². The molecule has 36 heavy (non-hydrogen) atoms. The average molecular weight is 486 g/mol. The largest absolute Gasteiger partial charge is 0.462 e. The van der Waals surface area contributed by atoms with E-state index in [1.807, 2.05) is 62.4 Å². The van der Waals surface area contributed by atoms with E-state index < -0.39 is 35.9 Å². The summed E-state index contributed by atoms with van der Waals surface area (Å²) < 4.78 is 4.95. The van der Waals surface area contributed by atoms with Gasteiger partial charge in [-0.05, 0) is 56.2 Å². The quantitative estimate of drug-likeness (QED) is 0.390. The fourth-order valence-electron chi connectivity index (χ4n) is 4.13. The molecule has 1 heterocycles. The molecule has 0 bridgehead atoms. The Hall–Kier alpha value is -4.46. The zero-order valence-electron chi connectivity index (χ0n) is 20.3. The number of amides is 4. The standard InChI is InChI=1S/C28H27N3O5/c1-4-36-25(33)20-9-15-23(16-10-20)29-24(32)17-31-26(34)28(30-27(31)35,21-11-5-18(2)6-12-21)22-13-7-19(3)8-14-22/h5-16H,4,17H2,1-3H3,(H,29,32)(H,30,35). The molecule has 0 spiro atoms. The minimum Gasteiger partial charge on any atom is -0.462 e. The van der Waals surface area contributed by atoms with Crippen molar-refractivity contribution in [2.24, 2.45) is 0 Å². The van der Waals surface area contributed by atoms with Crippen molar-refractivity contribution in [1.82, 2.24) is 10.2 Å². The van der Waals surface area contributed by atoms with E-state index in [1.54, 1.807) is 19.1 Å². The normalized spacial score (nSPS) is 14.4. The van der Waals surface area contributed by atoms with Crippen LogP contribution in [-0.4, -0.2) is 41.9 Å². The maximum atomic E-state index is 13.8. The molecule has 4 amide bonds. The molecule has 1 aliphatic heterocycles. The van der Waals surface area contributed by atoms with E-state index >= 15 is 0 Å². The van der Waals surface area contributed by atoms with Crippen LogP contribution in [-0.2, 0) is 19.9 Å². The monoisotopic (exact) mass is 485 g/mol. The van der Waals surface area contributed by atoms with Crippen LogP contribution in [0.3, 0.4) is 0 Å². The van der Waals surface area contributed by atoms with Gasteiger partial charge in [-0.2, -0.15) is 0 Å². The number of aryl methyl sites for hydroxylation is 2. The molecule has 8 nitrogen and oxygen atoms in total. The number of hydrogen-bond acceptors (Lipinski definition) is 5. The lowest BCUT2D eigenvalue weighted by atomic mass is 9.82. The van der Waals surface area contributed by atoms with Crippen molar-refractivity contribution < 1.29 is 23.9 Å². The maximum Gasteiger partial charge on any atom is 0.338 e. The maximum absolute atomic E-state index is 13.8. The molecule has 3 aromatic carbocycles. The molecule has 0 aromatic heterocycles. The zero-order valence-corrected chi connectivity index (χ0v) is 20.3. The highest BCUT2D eigenvalue weighted by Crippen LogP contribution is 2.36. The van der Waals surface area contributed by atoms with Gasteiger partial charge in [-0.15, -0.1) is 0 Å². The Labute approximate surface area is 209 Å². The Morgan fingerprint density at radius 3 is 1.89 bits per heavy atom. The molecule has 1 saturated heterocycles. The van der Waals surface area contributed by atoms with Gasteiger partial charge in [0.05, 0.1) is 12.2 Å². The number of nitrogens with one attached hydrogen (secondary N) is 2. The SMILES string of the molecule is CCOC(=O)c1ccc(NC(=O)CN2C(=O)NC(c3ccc(C)cc3)(c3ccc(C)cc3)C2=O)cc1. The van der Waals surface area contributed by atoms with Crippen LogP contribution in [0.2, 0.25) is 0 Å². The summed E-state index contributed by atoms with van der Waals surface area (Å²) in [6.07, 6.45) is 0. The Bertz CT molecular complexity index is 1250. The third kappa shape index (κ3) is 4.70. The van der Waals surface area contributed by atoms with Crippen LogP contribution in [0.25, 0.3) is 0 Å². The first-order valence-electron chi connectivity index (χ1n) is 11.6. The molecule has 0 atom stereocenters. The van der Waals surface area contributed by atoms with Crippen LogP contribution >= 0.6 is 0 Å². The molecule has 3 aromatic rings. The summed E-state index contributed by atoms with van der Waals surface area (Å²) in [4.78, 5) is 52.3. The van der Waals surface area contributed by atoms with Crippen LogP contribution in [0.15, 0.2) is 72.8 Å². The predicted molar refractivity (Wildman–Crippen MR) is 134 cm³/mol. The highest BCUT2D eigenvalue weighted by atomic mass is 16.5. The molecule has 1 fully saturated rings. The second-order valence-corrected chi connectivity index (χ2v) is 8.65. The summed E-state index contributed by atoms with van der Waals surface area (Å²) in [6, 6.07) is 20.2. The molecule has 0 radical (unpaired) electrons. The van der Waals surface area contributed by atoms with Gasteiger partial charge in [0.15, 0.2) is 5.54 Å². The number of anilines is 1. The van der Waals surface area contributed by atoms with Gasteiger partial charge in [-0.3, -0.25) is 14.5 Å². The third-order valence-corrected chi connectivity index (χ3v) is 6.06. The van der Waals surface area contributed by atoms with Gasteiger partial charge < -0.3 is 15.4 Å². The number of hydrogen-bond donors (Lipinski definition) is 2. The van der Waals surface area contributed by atoms with Crippen molar-refractivity contribution in [2.45, 2.75) is 26.3 Å². The summed E-state index contributed by atoms with van der Waals surface area (Å²) in [5, 5.41) is 5.51. The van der Waals surface area contributed by atoms with Gasteiger partial charge in [-0.1, -0.05) is 59.7 Å². The number of ether oxygens (including phenoxy) is 1. The minimum absolute atomic E-state index is 0.260. The summed E-state index contributed by atoms with van der Waals surface area (Å²) in [5.41, 5.74) is 2.56. The van der Waals surface area contributed by atoms with Crippen molar-refractivity contribution in [2.75, 3.05) is 18.5 Å². The first-order valence-corrected chi connectivity index (χ1v) is 11.6. The van der Waals surface area contributed by atoms with E-state index in [0.29, 0.717) is 22.4 Å². The number of imide groups is 1. The number of esters is 1. The van der Waals surface area contributed by atoms with Crippen LogP contribution in [0, 0.1) is 13.8 Å². The van der Waals surface area contributed by atoms with Gasteiger partial charge in [0, 0.05) is 5.69 Å². The summed E-state index contributed by atoms with van der Waals surface area (Å²) in [7, 11) is 0. The van der Waals surface area contributed by atoms with E-state index in [9.17, 15) is 19.2 Å². The molecule has 0 unspecified atom stereocenters. The highest BCUT2D eigenvalue weighted by molar-refractivity contribution is 6.12. The molecule has 4 rings (SSSR count). The van der Waals surface area contributed by atoms with E-state index in [2.05, 4.69) is 10.6 Å². The fraction of sp³-hybridized carbons (Fsp3) is 0.214. The summed E-state index contributed by atoms with van der Waals surface area (Å²) >= 11 is 0. The first kappa shape index (κ1) is 24.7. The Kier molecular flexibility index (Phi) is 6.87. The second kappa shape index (κ2) is 10.0. The predicted octanol–water partition coefficient (Wildman–Crippen LogP) is 3.91. The minimum atomic E-state index is -1.44. The lowest BCUT2D eigenvalue weighted by Gasteiger charge is -2.28. The average Bonchev–Trinajstić information content (AvgIpc) is 3.11. The molecule has 1 aliphatic rings. The van der Waals surface area contributed by atoms with Gasteiger partial charge in [-0.25, -0.2) is 9.59 Å². The number of carbonyl (C=O) groups excluding carboxylic acids is 4. The van der Waals surface area contributed by atoms with E-state index in [0.717, 1.165) is 16.0 Å². The van der Waals surface area contributed by atoms with Gasteiger partial charge in [0.1, 0.15) is 6.54 Å². The number of carbonyl (C=O) groups is 4. The van der Waals surface area contributed by atoms with Crippen molar-refractivity contribution in [3.63, 3.8) is 0 Å². The van der Waals surface area contributed by atoms with Crippen molar-refractivity contribution in [3.05, 3.63) is 101 Å². The number of benzene rings is 3. The molecule has 8 heteroatoms. The Balaban J connectivity index is 1.57. The topological polar surface area (TPSA) is 105 Å². The third-order valence-electron chi connectivity index (χ3n) is 6.06. The molecule has 2 N–H and O–H groups in total. The summed E-state index contributed by atoms with van der Waals surface area (Å²) in [5.74, 6) is -1.54. The van der Waals surface area contributed by atoms with E-state index in [4.69, 9.17) is 4.74 Å².